The first-order valence-corrected chi connectivity index (χ1v) is 3.33. The van der Waals surface area contributed by atoms with Gasteiger partial charge in [-0.05, 0) is 18.8 Å². The van der Waals surface area contributed by atoms with Crippen molar-refractivity contribution in [2.45, 2.75) is 24.9 Å². The summed E-state index contributed by atoms with van der Waals surface area (Å²) in [5, 5.41) is 3.15. The molecule has 1 amide bonds. The fourth-order valence-electron chi connectivity index (χ4n) is 1.54. The van der Waals surface area contributed by atoms with Crippen LogP contribution in [0.15, 0.2) is 0 Å². The van der Waals surface area contributed by atoms with Gasteiger partial charge in [0.25, 0.3) is 0 Å². The fraction of sp³-hybridized carbons (Fsp3) is 0.833. The number of carbonyl (C=O) groups is 1. The molecule has 2 fully saturated rings. The van der Waals surface area contributed by atoms with Gasteiger partial charge in [-0.1, -0.05) is 0 Å². The van der Waals surface area contributed by atoms with Gasteiger partial charge in [-0.25, -0.2) is 0 Å². The molecule has 2 rings (SSSR count). The van der Waals surface area contributed by atoms with Crippen LogP contribution in [-0.4, -0.2) is 18.0 Å². The molecule has 0 aromatic carbocycles. The second kappa shape index (κ2) is 2.40. The monoisotopic (exact) mass is 162 g/mol. The predicted molar refractivity (Wildman–Crippen MR) is 39.9 cm³/mol. The summed E-state index contributed by atoms with van der Waals surface area (Å²) in [5.41, 5.74) is 5.08. The molecule has 1 aliphatic carbocycles. The molecular formula is C6H11ClN2O. The van der Waals surface area contributed by atoms with E-state index in [-0.39, 0.29) is 24.4 Å². The van der Waals surface area contributed by atoms with Crippen LogP contribution in [0.4, 0.5) is 0 Å². The van der Waals surface area contributed by atoms with Crippen molar-refractivity contribution < 1.29 is 4.79 Å². The summed E-state index contributed by atoms with van der Waals surface area (Å²) in [4.78, 5) is 10.5. The summed E-state index contributed by atoms with van der Waals surface area (Å²) in [7, 11) is 0. The lowest BCUT2D eigenvalue weighted by atomic mass is 10.2. The van der Waals surface area contributed by atoms with Crippen LogP contribution in [0, 0.1) is 5.92 Å². The number of carbonyl (C=O) groups excluding carboxylic acids is 1. The van der Waals surface area contributed by atoms with Crippen molar-refractivity contribution in [1.29, 1.82) is 0 Å². The summed E-state index contributed by atoms with van der Waals surface area (Å²) in [6, 6.07) is 0.608. The molecule has 1 heterocycles. The third-order valence-corrected chi connectivity index (χ3v) is 2.22. The lowest BCUT2D eigenvalue weighted by molar-refractivity contribution is -0.119. The Morgan fingerprint density at radius 2 is 2.20 bits per heavy atom. The molecule has 0 aromatic rings. The first kappa shape index (κ1) is 7.82. The number of primary amides is 1. The van der Waals surface area contributed by atoms with E-state index in [9.17, 15) is 4.79 Å². The van der Waals surface area contributed by atoms with Crippen LogP contribution in [-0.2, 0) is 4.79 Å². The highest BCUT2D eigenvalue weighted by Gasteiger charge is 2.47. The van der Waals surface area contributed by atoms with E-state index in [0.29, 0.717) is 6.04 Å². The van der Waals surface area contributed by atoms with Crippen LogP contribution in [0.5, 0.6) is 0 Å². The summed E-state index contributed by atoms with van der Waals surface area (Å²) in [6.45, 7) is 0. The van der Waals surface area contributed by atoms with E-state index in [1.165, 1.54) is 6.42 Å². The lowest BCUT2D eigenvalue weighted by Crippen LogP contribution is -2.38. The Hall–Kier alpha value is -0.280. The number of nitrogens with two attached hydrogens (primary N) is 1. The Morgan fingerprint density at radius 1 is 1.50 bits per heavy atom. The Balaban J connectivity index is 0.000000500. The highest BCUT2D eigenvalue weighted by molar-refractivity contribution is 5.85. The summed E-state index contributed by atoms with van der Waals surface area (Å²) in [6.07, 6.45) is 2.23. The van der Waals surface area contributed by atoms with E-state index in [1.807, 2.05) is 0 Å². The van der Waals surface area contributed by atoms with E-state index in [2.05, 4.69) is 5.32 Å². The molecule has 3 nitrogen and oxygen atoms in total. The van der Waals surface area contributed by atoms with Crippen LogP contribution in [0.3, 0.4) is 0 Å². The van der Waals surface area contributed by atoms with Gasteiger partial charge in [0.05, 0.1) is 6.04 Å². The molecule has 1 aliphatic heterocycles. The van der Waals surface area contributed by atoms with Gasteiger partial charge in [0.15, 0.2) is 0 Å². The number of halogens is 1. The van der Waals surface area contributed by atoms with E-state index in [0.717, 1.165) is 12.3 Å². The zero-order chi connectivity index (χ0) is 6.43. The van der Waals surface area contributed by atoms with E-state index in [4.69, 9.17) is 5.73 Å². The number of hydrogen-bond acceptors (Lipinski definition) is 2. The van der Waals surface area contributed by atoms with Crippen molar-refractivity contribution in [3.63, 3.8) is 0 Å². The van der Waals surface area contributed by atoms with Gasteiger partial charge in [-0.3, -0.25) is 4.79 Å². The minimum atomic E-state index is -0.192. The van der Waals surface area contributed by atoms with Gasteiger partial charge >= 0.3 is 0 Å². The third kappa shape index (κ3) is 1.11. The van der Waals surface area contributed by atoms with E-state index in [1.54, 1.807) is 0 Å². The van der Waals surface area contributed by atoms with Crippen molar-refractivity contribution in [3.05, 3.63) is 0 Å². The molecule has 1 saturated carbocycles. The van der Waals surface area contributed by atoms with Gasteiger partial charge in [0, 0.05) is 6.04 Å². The first-order valence-electron chi connectivity index (χ1n) is 3.33. The highest BCUT2D eigenvalue weighted by atomic mass is 35.5. The van der Waals surface area contributed by atoms with Crippen LogP contribution in [0.25, 0.3) is 0 Å². The SMILES string of the molecule is Cl.NC(=O)[C@@H]1C[C@H]2C[C@@H]2N1. The van der Waals surface area contributed by atoms with Gasteiger partial charge in [0.2, 0.25) is 5.91 Å². The Kier molecular flexibility index (Phi) is 1.88. The number of amides is 1. The summed E-state index contributed by atoms with van der Waals surface area (Å²) in [5.74, 6) is 0.574. The maximum Gasteiger partial charge on any atom is 0.234 e. The highest BCUT2D eigenvalue weighted by Crippen LogP contribution is 2.40. The third-order valence-electron chi connectivity index (χ3n) is 2.22. The van der Waals surface area contributed by atoms with Crippen molar-refractivity contribution in [1.82, 2.24) is 5.32 Å². The zero-order valence-electron chi connectivity index (χ0n) is 5.54. The quantitative estimate of drug-likeness (QED) is 0.554. The van der Waals surface area contributed by atoms with Crippen LogP contribution >= 0.6 is 12.4 Å². The van der Waals surface area contributed by atoms with E-state index >= 15 is 0 Å². The molecule has 0 spiro atoms. The standard InChI is InChI=1S/C6H10N2O.ClH/c7-6(9)5-2-3-1-4(3)8-5;/h3-5,8H,1-2H2,(H2,7,9);1H/t3-,4+,5+;/m1./s1. The molecule has 0 bridgehead atoms. The minimum absolute atomic E-state index is 0. The topological polar surface area (TPSA) is 55.1 Å². The van der Waals surface area contributed by atoms with Crippen molar-refractivity contribution in [3.8, 4) is 0 Å². The second-order valence-electron chi connectivity index (χ2n) is 2.96. The van der Waals surface area contributed by atoms with Crippen molar-refractivity contribution >= 4 is 18.3 Å². The molecule has 0 radical (unpaired) electrons. The average Bonchev–Trinajstić information content (AvgIpc) is 2.40. The molecular weight excluding hydrogens is 152 g/mol. The van der Waals surface area contributed by atoms with Gasteiger partial charge in [-0.15, -0.1) is 12.4 Å². The largest absolute Gasteiger partial charge is 0.368 e. The number of nitrogens with one attached hydrogen (secondary N) is 1. The maximum atomic E-state index is 10.5. The minimum Gasteiger partial charge on any atom is -0.368 e. The molecule has 58 valence electrons. The molecule has 3 atom stereocenters. The molecule has 0 aromatic heterocycles. The Labute approximate surface area is 65.8 Å². The fourth-order valence-corrected chi connectivity index (χ4v) is 1.54. The number of rotatable bonds is 1. The molecule has 4 heteroatoms. The Bertz CT molecular complexity index is 152. The van der Waals surface area contributed by atoms with Crippen LogP contribution in [0.1, 0.15) is 12.8 Å². The van der Waals surface area contributed by atoms with Crippen molar-refractivity contribution in [2.24, 2.45) is 11.7 Å². The van der Waals surface area contributed by atoms with Crippen molar-refractivity contribution in [2.75, 3.05) is 0 Å². The van der Waals surface area contributed by atoms with Crippen LogP contribution < -0.4 is 11.1 Å². The molecule has 0 unspecified atom stereocenters. The molecule has 1 saturated heterocycles. The number of piperidine rings is 1. The Morgan fingerprint density at radius 3 is 2.50 bits per heavy atom. The van der Waals surface area contributed by atoms with Gasteiger partial charge in [-0.2, -0.15) is 0 Å². The molecule has 3 N–H and O–H groups in total. The number of hydrogen-bond donors (Lipinski definition) is 2. The smallest absolute Gasteiger partial charge is 0.234 e. The molecule has 10 heavy (non-hydrogen) atoms. The van der Waals surface area contributed by atoms with E-state index < -0.39 is 0 Å². The number of fused-ring (bicyclic) bond motifs is 1. The van der Waals surface area contributed by atoms with Gasteiger partial charge < -0.3 is 11.1 Å². The first-order chi connectivity index (χ1) is 4.27. The average molecular weight is 163 g/mol. The van der Waals surface area contributed by atoms with Gasteiger partial charge in [0.1, 0.15) is 0 Å². The lowest BCUT2D eigenvalue weighted by Gasteiger charge is -2.06. The molecule has 2 aliphatic rings. The normalized spacial score (nSPS) is 41.8. The maximum absolute atomic E-state index is 10.5. The zero-order valence-corrected chi connectivity index (χ0v) is 6.36. The second-order valence-corrected chi connectivity index (χ2v) is 2.96. The predicted octanol–water partition coefficient (Wildman–Crippen LogP) is -0.356. The summed E-state index contributed by atoms with van der Waals surface area (Å²) >= 11 is 0. The van der Waals surface area contributed by atoms with Crippen LogP contribution in [0.2, 0.25) is 0 Å². The summed E-state index contributed by atoms with van der Waals surface area (Å²) < 4.78 is 0.